The van der Waals surface area contributed by atoms with E-state index in [0.717, 1.165) is 5.69 Å². The van der Waals surface area contributed by atoms with Crippen LogP contribution in [0.1, 0.15) is 37.0 Å². The molecular weight excluding hydrogens is 344 g/mol. The molecule has 1 saturated heterocycles. The fourth-order valence-corrected chi connectivity index (χ4v) is 3.10. The Bertz CT molecular complexity index is 830. The number of carbonyl (C=O) groups excluding carboxylic acids is 2. The quantitative estimate of drug-likeness (QED) is 0.777. The van der Waals surface area contributed by atoms with Crippen molar-refractivity contribution in [1.82, 2.24) is 14.5 Å². The Hall–Kier alpha value is -2.83. The number of imidazole rings is 1. The summed E-state index contributed by atoms with van der Waals surface area (Å²) in [5.41, 5.74) is 0.988. The molecule has 7 heteroatoms. The SMILES string of the molecule is Cn1ccnc1C(=O)c1ccccc1N1CCN(C(=O)OC(C)(C)C)CC1. The number of carbonyl (C=O) groups is 2. The molecule has 0 atom stereocenters. The predicted molar refractivity (Wildman–Crippen MR) is 103 cm³/mol. The van der Waals surface area contributed by atoms with Crippen LogP contribution in [0.2, 0.25) is 0 Å². The van der Waals surface area contributed by atoms with Crippen LogP contribution in [0.25, 0.3) is 0 Å². The van der Waals surface area contributed by atoms with Crippen molar-refractivity contribution in [2.75, 3.05) is 31.1 Å². The normalized spacial score (nSPS) is 15.0. The zero-order valence-corrected chi connectivity index (χ0v) is 16.3. The highest BCUT2D eigenvalue weighted by Gasteiger charge is 2.28. The number of hydrogen-bond acceptors (Lipinski definition) is 5. The Labute approximate surface area is 159 Å². The second-order valence-corrected chi connectivity index (χ2v) is 7.66. The highest BCUT2D eigenvalue weighted by molar-refractivity contribution is 6.10. The summed E-state index contributed by atoms with van der Waals surface area (Å²) in [6.07, 6.45) is 3.09. The molecule has 1 aliphatic heterocycles. The van der Waals surface area contributed by atoms with Crippen molar-refractivity contribution in [2.24, 2.45) is 7.05 Å². The van der Waals surface area contributed by atoms with Crippen LogP contribution in [0.15, 0.2) is 36.7 Å². The van der Waals surface area contributed by atoms with Crippen molar-refractivity contribution in [1.29, 1.82) is 0 Å². The van der Waals surface area contributed by atoms with Crippen molar-refractivity contribution in [2.45, 2.75) is 26.4 Å². The first-order valence-electron chi connectivity index (χ1n) is 9.10. The minimum absolute atomic E-state index is 0.104. The van der Waals surface area contributed by atoms with E-state index in [0.29, 0.717) is 37.6 Å². The van der Waals surface area contributed by atoms with Crippen molar-refractivity contribution in [3.63, 3.8) is 0 Å². The van der Waals surface area contributed by atoms with E-state index in [9.17, 15) is 9.59 Å². The Morgan fingerprint density at radius 3 is 2.33 bits per heavy atom. The number of aromatic nitrogens is 2. The Morgan fingerprint density at radius 2 is 1.74 bits per heavy atom. The molecule has 27 heavy (non-hydrogen) atoms. The molecule has 1 fully saturated rings. The number of aryl methyl sites for hydroxylation is 1. The van der Waals surface area contributed by atoms with Gasteiger partial charge in [0.1, 0.15) is 5.60 Å². The van der Waals surface area contributed by atoms with Crippen molar-refractivity contribution in [3.8, 4) is 0 Å². The van der Waals surface area contributed by atoms with E-state index in [1.807, 2.05) is 52.1 Å². The van der Waals surface area contributed by atoms with E-state index < -0.39 is 5.60 Å². The maximum atomic E-state index is 12.9. The Morgan fingerprint density at radius 1 is 1.07 bits per heavy atom. The van der Waals surface area contributed by atoms with Gasteiger partial charge in [0.25, 0.3) is 0 Å². The van der Waals surface area contributed by atoms with Gasteiger partial charge in [-0.2, -0.15) is 0 Å². The number of ether oxygens (including phenoxy) is 1. The number of benzene rings is 1. The average molecular weight is 370 g/mol. The van der Waals surface area contributed by atoms with E-state index in [2.05, 4.69) is 9.88 Å². The number of amides is 1. The molecule has 1 aliphatic rings. The number of para-hydroxylation sites is 1. The summed E-state index contributed by atoms with van der Waals surface area (Å²) in [5, 5.41) is 0. The van der Waals surface area contributed by atoms with E-state index in [1.54, 1.807) is 21.9 Å². The molecule has 2 heterocycles. The molecule has 1 amide bonds. The van der Waals surface area contributed by atoms with Crippen molar-refractivity contribution >= 4 is 17.6 Å². The molecule has 7 nitrogen and oxygen atoms in total. The summed E-state index contributed by atoms with van der Waals surface area (Å²) in [4.78, 5) is 33.2. The van der Waals surface area contributed by atoms with Gasteiger partial charge in [0.2, 0.25) is 5.78 Å². The van der Waals surface area contributed by atoms with Gasteiger partial charge in [0, 0.05) is 56.9 Å². The Kier molecular flexibility index (Phi) is 5.21. The van der Waals surface area contributed by atoms with Crippen LogP contribution >= 0.6 is 0 Å². The summed E-state index contributed by atoms with van der Waals surface area (Å²) in [7, 11) is 1.81. The molecule has 3 rings (SSSR count). The topological polar surface area (TPSA) is 67.7 Å². The number of ketones is 1. The lowest BCUT2D eigenvalue weighted by Crippen LogP contribution is -2.50. The standard InChI is InChI=1S/C20H26N4O3/c1-20(2,3)27-19(26)24-13-11-23(12-14-24)16-8-6-5-7-15(16)17(25)18-21-9-10-22(18)4/h5-10H,11-14H2,1-4H3. The molecule has 0 spiro atoms. The average Bonchev–Trinajstić information content (AvgIpc) is 3.06. The lowest BCUT2D eigenvalue weighted by atomic mass is 10.1. The molecule has 144 valence electrons. The highest BCUT2D eigenvalue weighted by Crippen LogP contribution is 2.24. The van der Waals surface area contributed by atoms with E-state index >= 15 is 0 Å². The minimum atomic E-state index is -0.505. The maximum absolute atomic E-state index is 12.9. The zero-order valence-electron chi connectivity index (χ0n) is 16.3. The number of rotatable bonds is 3. The second-order valence-electron chi connectivity index (χ2n) is 7.66. The summed E-state index contributed by atoms with van der Waals surface area (Å²) in [6, 6.07) is 7.55. The van der Waals surface area contributed by atoms with Crippen LogP contribution in [-0.4, -0.2) is 58.1 Å². The van der Waals surface area contributed by atoms with Crippen LogP contribution in [-0.2, 0) is 11.8 Å². The monoisotopic (exact) mass is 370 g/mol. The van der Waals surface area contributed by atoms with Crippen LogP contribution in [0, 0.1) is 0 Å². The Balaban J connectivity index is 1.73. The fraction of sp³-hybridized carbons (Fsp3) is 0.450. The van der Waals surface area contributed by atoms with E-state index in [-0.39, 0.29) is 11.9 Å². The van der Waals surface area contributed by atoms with Gasteiger partial charge in [0.15, 0.2) is 5.82 Å². The number of hydrogen-bond donors (Lipinski definition) is 0. The zero-order chi connectivity index (χ0) is 19.6. The molecule has 0 unspecified atom stereocenters. The fourth-order valence-electron chi connectivity index (χ4n) is 3.10. The number of piperazine rings is 1. The van der Waals surface area contributed by atoms with Crippen molar-refractivity contribution in [3.05, 3.63) is 48.0 Å². The van der Waals surface area contributed by atoms with Gasteiger partial charge in [-0.3, -0.25) is 4.79 Å². The molecule has 0 bridgehead atoms. The third-order valence-corrected chi connectivity index (χ3v) is 4.45. The number of anilines is 1. The third-order valence-electron chi connectivity index (χ3n) is 4.45. The van der Waals surface area contributed by atoms with Gasteiger partial charge in [-0.1, -0.05) is 12.1 Å². The summed E-state index contributed by atoms with van der Waals surface area (Å²) in [5.74, 6) is 0.308. The first kappa shape index (κ1) is 18.9. The second kappa shape index (κ2) is 7.42. The van der Waals surface area contributed by atoms with Crippen LogP contribution in [0.5, 0.6) is 0 Å². The largest absolute Gasteiger partial charge is 0.444 e. The van der Waals surface area contributed by atoms with Crippen LogP contribution < -0.4 is 4.90 Å². The summed E-state index contributed by atoms with van der Waals surface area (Å²) >= 11 is 0. The number of nitrogens with zero attached hydrogens (tertiary/aromatic N) is 4. The van der Waals surface area contributed by atoms with E-state index in [1.165, 1.54) is 0 Å². The van der Waals surface area contributed by atoms with Gasteiger partial charge in [-0.05, 0) is 32.9 Å². The smallest absolute Gasteiger partial charge is 0.410 e. The third kappa shape index (κ3) is 4.30. The van der Waals surface area contributed by atoms with Crippen LogP contribution in [0.3, 0.4) is 0 Å². The van der Waals surface area contributed by atoms with E-state index in [4.69, 9.17) is 4.74 Å². The lowest BCUT2D eigenvalue weighted by molar-refractivity contribution is 0.0240. The summed E-state index contributed by atoms with van der Waals surface area (Å²) in [6.45, 7) is 7.98. The molecule has 0 aliphatic carbocycles. The highest BCUT2D eigenvalue weighted by atomic mass is 16.6. The van der Waals surface area contributed by atoms with Gasteiger partial charge in [0.05, 0.1) is 0 Å². The van der Waals surface area contributed by atoms with Gasteiger partial charge in [-0.15, -0.1) is 0 Å². The molecule has 1 aromatic heterocycles. The predicted octanol–water partition coefficient (Wildman–Crippen LogP) is 2.71. The molecule has 0 N–H and O–H groups in total. The first-order chi connectivity index (χ1) is 12.8. The summed E-state index contributed by atoms with van der Waals surface area (Å²) < 4.78 is 7.17. The molecule has 0 saturated carbocycles. The van der Waals surface area contributed by atoms with Gasteiger partial charge in [-0.25, -0.2) is 9.78 Å². The lowest BCUT2D eigenvalue weighted by Gasteiger charge is -2.37. The van der Waals surface area contributed by atoms with Crippen molar-refractivity contribution < 1.29 is 14.3 Å². The van der Waals surface area contributed by atoms with Gasteiger partial charge >= 0.3 is 6.09 Å². The van der Waals surface area contributed by atoms with Crippen LogP contribution in [0.4, 0.5) is 10.5 Å². The molecule has 0 radical (unpaired) electrons. The molecular formula is C20H26N4O3. The minimum Gasteiger partial charge on any atom is -0.444 e. The van der Waals surface area contributed by atoms with Gasteiger partial charge < -0.3 is 19.1 Å². The maximum Gasteiger partial charge on any atom is 0.410 e. The molecule has 1 aromatic carbocycles. The first-order valence-corrected chi connectivity index (χ1v) is 9.10. The molecule has 2 aromatic rings.